The molecule has 0 spiro atoms. The van der Waals surface area contributed by atoms with Crippen LogP contribution in [-0.4, -0.2) is 24.3 Å². The van der Waals surface area contributed by atoms with Gasteiger partial charge in [0.15, 0.2) is 11.6 Å². The number of ether oxygens (including phenoxy) is 2. The summed E-state index contributed by atoms with van der Waals surface area (Å²) >= 11 is 0. The van der Waals surface area contributed by atoms with E-state index in [4.69, 9.17) is 14.5 Å². The maximum Gasteiger partial charge on any atom is 0.196 e. The van der Waals surface area contributed by atoms with Crippen LogP contribution in [0.5, 0.6) is 0 Å². The fourth-order valence-corrected chi connectivity index (χ4v) is 5.59. The molecule has 1 aromatic rings. The van der Waals surface area contributed by atoms with E-state index in [-0.39, 0.29) is 23.5 Å². The average molecular weight is 470 g/mol. The van der Waals surface area contributed by atoms with Crippen molar-refractivity contribution in [3.8, 4) is 0 Å². The molecule has 0 aromatic carbocycles. The zero-order valence-corrected chi connectivity index (χ0v) is 20.8. The number of rotatable bonds is 7. The molecular formula is C29H37F2NO2. The molecule has 0 bridgehead atoms. The van der Waals surface area contributed by atoms with Gasteiger partial charge in [-0.3, -0.25) is 4.98 Å². The first-order valence-corrected chi connectivity index (χ1v) is 12.8. The molecule has 4 rings (SSSR count). The Morgan fingerprint density at radius 3 is 2.53 bits per heavy atom. The van der Waals surface area contributed by atoms with Crippen LogP contribution < -0.4 is 0 Å². The third-order valence-electron chi connectivity index (χ3n) is 7.50. The normalized spacial score (nSPS) is 31.8. The van der Waals surface area contributed by atoms with E-state index < -0.39 is 17.6 Å². The van der Waals surface area contributed by atoms with Crippen LogP contribution in [0, 0.1) is 23.7 Å². The summed E-state index contributed by atoms with van der Waals surface area (Å²) in [5.41, 5.74) is 3.15. The van der Waals surface area contributed by atoms with E-state index in [9.17, 15) is 4.39 Å². The maximum atomic E-state index is 15.0. The monoisotopic (exact) mass is 469 g/mol. The van der Waals surface area contributed by atoms with Crippen molar-refractivity contribution in [3.63, 3.8) is 0 Å². The van der Waals surface area contributed by atoms with Gasteiger partial charge in [-0.1, -0.05) is 51.5 Å². The van der Waals surface area contributed by atoms with Gasteiger partial charge in [-0.15, -0.1) is 0 Å². The molecule has 1 fully saturated rings. The predicted octanol–water partition coefficient (Wildman–Crippen LogP) is 7.69. The van der Waals surface area contributed by atoms with Crippen LogP contribution in [0.4, 0.5) is 8.78 Å². The molecule has 2 aliphatic carbocycles. The van der Waals surface area contributed by atoms with Crippen LogP contribution in [0.1, 0.15) is 70.6 Å². The highest BCUT2D eigenvalue weighted by molar-refractivity contribution is 5.73. The summed E-state index contributed by atoms with van der Waals surface area (Å²) < 4.78 is 40.9. The molecule has 3 aliphatic rings. The molecule has 1 aromatic heterocycles. The topological polar surface area (TPSA) is 31.4 Å². The number of hydrogen-bond acceptors (Lipinski definition) is 3. The zero-order chi connectivity index (χ0) is 24.2. The summed E-state index contributed by atoms with van der Waals surface area (Å²) in [5, 5.41) is 0. The fraction of sp³-hybridized carbons (Fsp3) is 0.552. The molecule has 184 valence electrons. The van der Waals surface area contributed by atoms with E-state index in [1.807, 2.05) is 25.3 Å². The summed E-state index contributed by atoms with van der Waals surface area (Å²) in [6, 6.07) is 4.22. The maximum absolute atomic E-state index is 15.0. The van der Waals surface area contributed by atoms with Crippen molar-refractivity contribution in [1.82, 2.24) is 4.98 Å². The third kappa shape index (κ3) is 5.19. The summed E-state index contributed by atoms with van der Waals surface area (Å²) in [6.07, 6.45) is 14.8. The molecule has 1 saturated heterocycles. The second-order valence-corrected chi connectivity index (χ2v) is 9.92. The molecule has 0 amide bonds. The summed E-state index contributed by atoms with van der Waals surface area (Å²) in [6.45, 7) is 9.04. The highest BCUT2D eigenvalue weighted by Crippen LogP contribution is 2.45. The second-order valence-electron chi connectivity index (χ2n) is 9.92. The lowest BCUT2D eigenvalue weighted by Crippen LogP contribution is -2.29. The molecule has 3 nitrogen and oxygen atoms in total. The largest absolute Gasteiger partial charge is 0.491 e. The fourth-order valence-electron chi connectivity index (χ4n) is 5.59. The van der Waals surface area contributed by atoms with E-state index >= 15 is 4.39 Å². The van der Waals surface area contributed by atoms with Gasteiger partial charge in [-0.05, 0) is 67.2 Å². The van der Waals surface area contributed by atoms with Gasteiger partial charge in [-0.2, -0.15) is 0 Å². The Hall–Kier alpha value is -2.27. The minimum Gasteiger partial charge on any atom is -0.491 e. The first-order chi connectivity index (χ1) is 16.4. The van der Waals surface area contributed by atoms with E-state index in [0.29, 0.717) is 18.6 Å². The molecule has 2 heterocycles. The third-order valence-corrected chi connectivity index (χ3v) is 7.50. The molecule has 0 radical (unpaired) electrons. The minimum absolute atomic E-state index is 0.0287. The molecule has 5 heteroatoms. The van der Waals surface area contributed by atoms with Crippen LogP contribution in [-0.2, 0) is 9.47 Å². The van der Waals surface area contributed by atoms with Crippen molar-refractivity contribution in [3.05, 3.63) is 71.3 Å². The lowest BCUT2D eigenvalue weighted by Gasteiger charge is -2.35. The van der Waals surface area contributed by atoms with Crippen LogP contribution in [0.3, 0.4) is 0 Å². The molecule has 1 aliphatic heterocycles. The van der Waals surface area contributed by atoms with Crippen molar-refractivity contribution in [2.45, 2.75) is 65.4 Å². The number of allylic oxidation sites excluding steroid dienone is 7. The molecular weight excluding hydrogens is 432 g/mol. The smallest absolute Gasteiger partial charge is 0.196 e. The molecule has 34 heavy (non-hydrogen) atoms. The standard InChI is InChI=1S/C29H37F2NO2/c1-5-7-23-11-8-22(17-34-23)21-10-13-25(32-16-21)20-9-12-24(18(3)14-20)27-19(4)15-26(33-6-2)28(30)29(27)31/h9-10,12-16,18-19,22-24,27H,5-8,11,17H2,1-4H3. The SMILES string of the molecule is CCCC1CCC(c2ccc(C3=CC(C)C(C4C(F)=C(F)C(OCC)=CC4C)C=C3)nc2)CO1. The van der Waals surface area contributed by atoms with Crippen molar-refractivity contribution in [1.29, 1.82) is 0 Å². The predicted molar refractivity (Wildman–Crippen MR) is 132 cm³/mol. The van der Waals surface area contributed by atoms with E-state index in [1.54, 1.807) is 13.0 Å². The second kappa shape index (κ2) is 11.0. The van der Waals surface area contributed by atoms with Gasteiger partial charge in [0.25, 0.3) is 0 Å². The van der Waals surface area contributed by atoms with Crippen LogP contribution >= 0.6 is 0 Å². The van der Waals surface area contributed by atoms with Crippen molar-refractivity contribution < 1.29 is 18.3 Å². The minimum atomic E-state index is -0.856. The molecule has 0 N–H and O–H groups in total. The van der Waals surface area contributed by atoms with Gasteiger partial charge >= 0.3 is 0 Å². The number of nitrogens with zero attached hydrogens (tertiary/aromatic N) is 1. The van der Waals surface area contributed by atoms with Gasteiger partial charge in [0.2, 0.25) is 0 Å². The summed E-state index contributed by atoms with van der Waals surface area (Å²) in [7, 11) is 0. The Kier molecular flexibility index (Phi) is 8.02. The lowest BCUT2D eigenvalue weighted by molar-refractivity contribution is -0.00117. The number of pyridine rings is 1. The molecule has 6 unspecified atom stereocenters. The highest BCUT2D eigenvalue weighted by atomic mass is 19.2. The van der Waals surface area contributed by atoms with Crippen molar-refractivity contribution >= 4 is 5.57 Å². The lowest BCUT2D eigenvalue weighted by atomic mass is 9.71. The van der Waals surface area contributed by atoms with Crippen molar-refractivity contribution in [2.24, 2.45) is 23.7 Å². The van der Waals surface area contributed by atoms with Crippen LogP contribution in [0.2, 0.25) is 0 Å². The zero-order valence-electron chi connectivity index (χ0n) is 20.8. The van der Waals surface area contributed by atoms with Gasteiger partial charge in [0.05, 0.1) is 25.0 Å². The quantitative estimate of drug-likeness (QED) is 0.410. The van der Waals surface area contributed by atoms with Gasteiger partial charge < -0.3 is 9.47 Å². The van der Waals surface area contributed by atoms with E-state index in [0.717, 1.165) is 43.6 Å². The van der Waals surface area contributed by atoms with Gasteiger partial charge in [0, 0.05) is 18.0 Å². The van der Waals surface area contributed by atoms with Gasteiger partial charge in [-0.25, -0.2) is 8.78 Å². The van der Waals surface area contributed by atoms with E-state index in [2.05, 4.69) is 32.1 Å². The molecule has 6 atom stereocenters. The van der Waals surface area contributed by atoms with Crippen LogP contribution in [0.25, 0.3) is 5.57 Å². The highest BCUT2D eigenvalue weighted by Gasteiger charge is 2.38. The first-order valence-electron chi connectivity index (χ1n) is 12.8. The average Bonchev–Trinajstić information content (AvgIpc) is 2.84. The number of halogens is 2. The Balaban J connectivity index is 1.43. The van der Waals surface area contributed by atoms with Crippen LogP contribution in [0.15, 0.2) is 60.0 Å². The van der Waals surface area contributed by atoms with E-state index in [1.165, 1.54) is 5.56 Å². The Bertz CT molecular complexity index is 970. The van der Waals surface area contributed by atoms with Gasteiger partial charge in [0.1, 0.15) is 5.83 Å². The summed E-state index contributed by atoms with van der Waals surface area (Å²) in [4.78, 5) is 4.73. The number of aromatic nitrogens is 1. The Morgan fingerprint density at radius 2 is 1.91 bits per heavy atom. The van der Waals surface area contributed by atoms with Crippen molar-refractivity contribution in [2.75, 3.05) is 13.2 Å². The number of hydrogen-bond donors (Lipinski definition) is 0. The summed E-state index contributed by atoms with van der Waals surface area (Å²) in [5.74, 6) is -1.88. The Morgan fingerprint density at radius 1 is 1.09 bits per heavy atom. The first kappa shape index (κ1) is 24.8. The Labute approximate surface area is 202 Å². The molecule has 0 saturated carbocycles.